The molecule has 0 N–H and O–H groups in total. The SMILES string of the molecule is CCCCCCC.[Zr]. The van der Waals surface area contributed by atoms with Gasteiger partial charge in [0.1, 0.15) is 0 Å². The van der Waals surface area contributed by atoms with Gasteiger partial charge in [0.25, 0.3) is 0 Å². The average molecular weight is 191 g/mol. The van der Waals surface area contributed by atoms with Gasteiger partial charge in [-0.05, 0) is 0 Å². The largest absolute Gasteiger partial charge is 0.0654 e. The van der Waals surface area contributed by atoms with Crippen molar-refractivity contribution in [3.05, 3.63) is 0 Å². The van der Waals surface area contributed by atoms with Crippen LogP contribution in [0.3, 0.4) is 0 Å². The van der Waals surface area contributed by atoms with Gasteiger partial charge in [0.05, 0.1) is 0 Å². The van der Waals surface area contributed by atoms with Crippen molar-refractivity contribution in [1.29, 1.82) is 0 Å². The van der Waals surface area contributed by atoms with Crippen molar-refractivity contribution in [2.24, 2.45) is 0 Å². The summed E-state index contributed by atoms with van der Waals surface area (Å²) in [7, 11) is 0. The molecule has 48 valence electrons. The Morgan fingerprint density at radius 2 is 1.12 bits per heavy atom. The maximum Gasteiger partial charge on any atom is 0 e. The van der Waals surface area contributed by atoms with Crippen LogP contribution in [0.1, 0.15) is 46.0 Å². The Morgan fingerprint density at radius 1 is 0.750 bits per heavy atom. The summed E-state index contributed by atoms with van der Waals surface area (Å²) in [6, 6.07) is 0. The summed E-state index contributed by atoms with van der Waals surface area (Å²) in [4.78, 5) is 0. The molecular formula is C7H16Zr. The molecule has 0 aromatic heterocycles. The van der Waals surface area contributed by atoms with Gasteiger partial charge >= 0.3 is 0 Å². The third kappa shape index (κ3) is 9.99. The molecule has 0 aliphatic heterocycles. The Hall–Kier alpha value is 0.883. The number of hydrogen-bond acceptors (Lipinski definition) is 0. The normalized spacial score (nSPS) is 8.25. The van der Waals surface area contributed by atoms with Gasteiger partial charge in [-0.25, -0.2) is 0 Å². The fraction of sp³-hybridized carbons (Fsp3) is 1.00. The van der Waals surface area contributed by atoms with Crippen molar-refractivity contribution >= 4 is 0 Å². The predicted octanol–water partition coefficient (Wildman–Crippen LogP) is 2.97. The van der Waals surface area contributed by atoms with Crippen LogP contribution in [0, 0.1) is 0 Å². The van der Waals surface area contributed by atoms with Crippen LogP contribution in [0.25, 0.3) is 0 Å². The van der Waals surface area contributed by atoms with Crippen LogP contribution >= 0.6 is 0 Å². The van der Waals surface area contributed by atoms with E-state index in [2.05, 4.69) is 13.8 Å². The smallest absolute Gasteiger partial charge is 0 e. The second-order valence-electron chi connectivity index (χ2n) is 2.06. The number of hydrogen-bond donors (Lipinski definition) is 0. The molecule has 0 aliphatic rings. The molecule has 0 rings (SSSR count). The minimum absolute atomic E-state index is 0. The molecule has 0 unspecified atom stereocenters. The maximum atomic E-state index is 2.25. The molecule has 0 fully saturated rings. The molecular weight excluding hydrogens is 175 g/mol. The minimum Gasteiger partial charge on any atom is -0.0654 e. The Bertz CT molecular complexity index is 23.6. The summed E-state index contributed by atoms with van der Waals surface area (Å²) >= 11 is 0. The topological polar surface area (TPSA) is 0 Å². The zero-order chi connectivity index (χ0) is 5.54. The first-order valence-corrected chi connectivity index (χ1v) is 3.41. The van der Waals surface area contributed by atoms with Gasteiger partial charge in [-0.2, -0.15) is 0 Å². The van der Waals surface area contributed by atoms with E-state index in [1.165, 1.54) is 32.1 Å². The van der Waals surface area contributed by atoms with Crippen LogP contribution in [0.15, 0.2) is 0 Å². The summed E-state index contributed by atoms with van der Waals surface area (Å²) in [5.74, 6) is 0. The quantitative estimate of drug-likeness (QED) is 0.599. The zero-order valence-corrected chi connectivity index (χ0v) is 8.49. The first kappa shape index (κ1) is 11.7. The van der Waals surface area contributed by atoms with E-state index in [-0.39, 0.29) is 26.2 Å². The van der Waals surface area contributed by atoms with Gasteiger partial charge in [-0.15, -0.1) is 0 Å². The van der Waals surface area contributed by atoms with Gasteiger partial charge in [-0.3, -0.25) is 0 Å². The fourth-order valence-electron chi connectivity index (χ4n) is 0.677. The van der Waals surface area contributed by atoms with Crippen LogP contribution in [-0.4, -0.2) is 0 Å². The Balaban J connectivity index is 0. The predicted molar refractivity (Wildman–Crippen MR) is 34.4 cm³/mol. The molecule has 1 heteroatoms. The van der Waals surface area contributed by atoms with E-state index < -0.39 is 0 Å². The molecule has 0 aromatic rings. The van der Waals surface area contributed by atoms with Crippen LogP contribution < -0.4 is 0 Å². The zero-order valence-electron chi connectivity index (χ0n) is 6.04. The average Bonchev–Trinajstić information content (AvgIpc) is 1.69. The van der Waals surface area contributed by atoms with Crippen LogP contribution in [-0.2, 0) is 26.2 Å². The molecule has 0 nitrogen and oxygen atoms in total. The summed E-state index contributed by atoms with van der Waals surface area (Å²) in [6.07, 6.45) is 7.01. The third-order valence-corrected chi connectivity index (χ3v) is 1.21. The van der Waals surface area contributed by atoms with Crippen molar-refractivity contribution in [2.45, 2.75) is 46.0 Å². The summed E-state index contributed by atoms with van der Waals surface area (Å²) in [5.41, 5.74) is 0. The summed E-state index contributed by atoms with van der Waals surface area (Å²) in [5, 5.41) is 0. The molecule has 0 saturated heterocycles. The van der Waals surface area contributed by atoms with Gasteiger partial charge in [-0.1, -0.05) is 46.0 Å². The van der Waals surface area contributed by atoms with Crippen molar-refractivity contribution < 1.29 is 26.2 Å². The van der Waals surface area contributed by atoms with Gasteiger partial charge in [0.2, 0.25) is 0 Å². The first-order valence-electron chi connectivity index (χ1n) is 3.41. The Morgan fingerprint density at radius 3 is 1.38 bits per heavy atom. The van der Waals surface area contributed by atoms with Crippen LogP contribution in [0.4, 0.5) is 0 Å². The van der Waals surface area contributed by atoms with E-state index in [1.807, 2.05) is 0 Å². The van der Waals surface area contributed by atoms with E-state index in [4.69, 9.17) is 0 Å². The third-order valence-electron chi connectivity index (χ3n) is 1.21. The monoisotopic (exact) mass is 190 g/mol. The minimum atomic E-state index is 0. The molecule has 0 atom stereocenters. The maximum absolute atomic E-state index is 2.25. The van der Waals surface area contributed by atoms with Crippen LogP contribution in [0.5, 0.6) is 0 Å². The van der Waals surface area contributed by atoms with E-state index in [9.17, 15) is 0 Å². The molecule has 0 aliphatic carbocycles. The van der Waals surface area contributed by atoms with Crippen LogP contribution in [0.2, 0.25) is 0 Å². The number of rotatable bonds is 4. The Labute approximate surface area is 72.2 Å². The van der Waals surface area contributed by atoms with Gasteiger partial charge in [0.15, 0.2) is 0 Å². The molecule has 0 saturated carbocycles. The molecule has 0 bridgehead atoms. The van der Waals surface area contributed by atoms with Crippen molar-refractivity contribution in [1.82, 2.24) is 0 Å². The van der Waals surface area contributed by atoms with Gasteiger partial charge < -0.3 is 0 Å². The second-order valence-corrected chi connectivity index (χ2v) is 2.06. The molecule has 0 amide bonds. The molecule has 0 aromatic carbocycles. The van der Waals surface area contributed by atoms with Crippen molar-refractivity contribution in [2.75, 3.05) is 0 Å². The second kappa shape index (κ2) is 10.8. The van der Waals surface area contributed by atoms with E-state index >= 15 is 0 Å². The number of unbranched alkanes of at least 4 members (excludes halogenated alkanes) is 4. The molecule has 0 radical (unpaired) electrons. The van der Waals surface area contributed by atoms with Crippen molar-refractivity contribution in [3.63, 3.8) is 0 Å². The first-order chi connectivity index (χ1) is 3.41. The van der Waals surface area contributed by atoms with E-state index in [1.54, 1.807) is 0 Å². The Kier molecular flexibility index (Phi) is 15.7. The summed E-state index contributed by atoms with van der Waals surface area (Å²) < 4.78 is 0. The summed E-state index contributed by atoms with van der Waals surface area (Å²) in [6.45, 7) is 4.49. The van der Waals surface area contributed by atoms with E-state index in [0.29, 0.717) is 0 Å². The molecule has 8 heavy (non-hydrogen) atoms. The fourth-order valence-corrected chi connectivity index (χ4v) is 0.677. The van der Waals surface area contributed by atoms with E-state index in [0.717, 1.165) is 0 Å². The van der Waals surface area contributed by atoms with Gasteiger partial charge in [0, 0.05) is 26.2 Å². The standard InChI is InChI=1S/C7H16.Zr/c1-3-5-7-6-4-2;/h3-7H2,1-2H3;. The molecule has 0 spiro atoms. The van der Waals surface area contributed by atoms with Crippen molar-refractivity contribution in [3.8, 4) is 0 Å². The molecule has 0 heterocycles.